The summed E-state index contributed by atoms with van der Waals surface area (Å²) in [4.78, 5) is 8.70. The lowest BCUT2D eigenvalue weighted by Gasteiger charge is -2.11. The van der Waals surface area contributed by atoms with E-state index in [4.69, 9.17) is 0 Å². The molecule has 1 aromatic carbocycles. The molecule has 0 unspecified atom stereocenters. The van der Waals surface area contributed by atoms with Crippen LogP contribution in [0.3, 0.4) is 0 Å². The van der Waals surface area contributed by atoms with Crippen molar-refractivity contribution in [3.8, 4) is 16.8 Å². The quantitative estimate of drug-likeness (QED) is 0.320. The van der Waals surface area contributed by atoms with Crippen LogP contribution in [0.25, 0.3) is 27.8 Å². The Morgan fingerprint density at radius 2 is 1.97 bits per heavy atom. The van der Waals surface area contributed by atoms with E-state index in [0.717, 1.165) is 5.69 Å². The standard InChI is InChI=1S/C20H14F4N4S/c1-12-5-17(21)16(7-18(12)29-11-20(22,23)24)13-6-14-10-28(27-19(14)26-8-13)15-3-2-4-25-9-15/h2-10H,11H2,1H3. The fourth-order valence-electron chi connectivity index (χ4n) is 2.87. The number of benzene rings is 1. The molecule has 4 rings (SSSR count). The lowest BCUT2D eigenvalue weighted by molar-refractivity contribution is -0.105. The molecule has 0 aliphatic carbocycles. The Hall–Kier alpha value is -2.94. The number of hydrogen-bond acceptors (Lipinski definition) is 4. The van der Waals surface area contributed by atoms with Crippen molar-refractivity contribution in [2.24, 2.45) is 0 Å². The first-order valence-corrected chi connectivity index (χ1v) is 9.54. The van der Waals surface area contributed by atoms with E-state index in [1.54, 1.807) is 42.3 Å². The molecule has 0 atom stereocenters. The van der Waals surface area contributed by atoms with Crippen LogP contribution in [-0.2, 0) is 0 Å². The molecular weight excluding hydrogens is 404 g/mol. The number of rotatable bonds is 4. The Bertz CT molecular complexity index is 1170. The van der Waals surface area contributed by atoms with Crippen molar-refractivity contribution in [3.05, 3.63) is 66.5 Å². The maximum atomic E-state index is 14.6. The van der Waals surface area contributed by atoms with Gasteiger partial charge in [-0.1, -0.05) is 0 Å². The number of pyridine rings is 2. The molecule has 0 spiro atoms. The summed E-state index contributed by atoms with van der Waals surface area (Å²) in [6.07, 6.45) is 2.21. The molecule has 0 aliphatic heterocycles. The van der Waals surface area contributed by atoms with Crippen LogP contribution in [0.15, 0.2) is 60.0 Å². The molecule has 0 N–H and O–H groups in total. The van der Waals surface area contributed by atoms with E-state index in [-0.39, 0.29) is 5.56 Å². The van der Waals surface area contributed by atoms with Crippen LogP contribution in [0.1, 0.15) is 5.56 Å². The van der Waals surface area contributed by atoms with E-state index in [1.165, 1.54) is 18.3 Å². The number of aryl methyl sites for hydroxylation is 1. The van der Waals surface area contributed by atoms with Gasteiger partial charge in [0, 0.05) is 40.0 Å². The third kappa shape index (κ3) is 4.24. The average Bonchev–Trinajstić information content (AvgIpc) is 3.10. The molecule has 3 heterocycles. The minimum atomic E-state index is -4.30. The Morgan fingerprint density at radius 3 is 2.69 bits per heavy atom. The van der Waals surface area contributed by atoms with Crippen molar-refractivity contribution in [2.75, 3.05) is 5.75 Å². The van der Waals surface area contributed by atoms with Crippen LogP contribution >= 0.6 is 11.8 Å². The van der Waals surface area contributed by atoms with Gasteiger partial charge in [0.05, 0.1) is 17.6 Å². The second kappa shape index (κ2) is 7.47. The number of alkyl halides is 3. The number of nitrogens with zero attached hydrogens (tertiary/aromatic N) is 4. The summed E-state index contributed by atoms with van der Waals surface area (Å²) in [6.45, 7) is 1.59. The van der Waals surface area contributed by atoms with Crippen LogP contribution in [0, 0.1) is 12.7 Å². The molecular formula is C20H14F4N4S. The zero-order valence-electron chi connectivity index (χ0n) is 15.1. The largest absolute Gasteiger partial charge is 0.398 e. The molecule has 3 aromatic heterocycles. The maximum absolute atomic E-state index is 14.6. The molecule has 0 bridgehead atoms. The molecule has 0 fully saturated rings. The van der Waals surface area contributed by atoms with E-state index in [9.17, 15) is 17.6 Å². The van der Waals surface area contributed by atoms with E-state index >= 15 is 0 Å². The highest BCUT2D eigenvalue weighted by Crippen LogP contribution is 2.34. The summed E-state index contributed by atoms with van der Waals surface area (Å²) < 4.78 is 53.9. The van der Waals surface area contributed by atoms with E-state index in [1.807, 2.05) is 6.07 Å². The van der Waals surface area contributed by atoms with Gasteiger partial charge in [-0.25, -0.2) is 14.1 Å². The third-order valence-corrected chi connectivity index (χ3v) is 5.46. The molecule has 0 amide bonds. The Morgan fingerprint density at radius 1 is 1.14 bits per heavy atom. The van der Waals surface area contributed by atoms with Crippen LogP contribution in [0.2, 0.25) is 0 Å². The smallest absolute Gasteiger partial charge is 0.262 e. The summed E-state index contributed by atoms with van der Waals surface area (Å²) >= 11 is 0.641. The predicted molar refractivity (Wildman–Crippen MR) is 104 cm³/mol. The van der Waals surface area contributed by atoms with Crippen molar-refractivity contribution in [3.63, 3.8) is 0 Å². The molecule has 0 saturated carbocycles. The second-order valence-corrected chi connectivity index (χ2v) is 7.44. The SMILES string of the molecule is Cc1cc(F)c(-c2cnc3nn(-c4cccnc4)cc3c2)cc1SCC(F)(F)F. The van der Waals surface area contributed by atoms with Gasteiger partial charge in [-0.3, -0.25) is 4.98 Å². The van der Waals surface area contributed by atoms with Gasteiger partial charge >= 0.3 is 6.18 Å². The number of fused-ring (bicyclic) bond motifs is 1. The normalized spacial score (nSPS) is 11.9. The van der Waals surface area contributed by atoms with Crippen LogP contribution in [0.4, 0.5) is 17.6 Å². The molecule has 0 aliphatic rings. The molecule has 4 aromatic rings. The molecule has 9 heteroatoms. The fraction of sp³-hybridized carbons (Fsp3) is 0.150. The Labute approximate surface area is 167 Å². The van der Waals surface area contributed by atoms with Crippen molar-refractivity contribution in [2.45, 2.75) is 18.0 Å². The fourth-order valence-corrected chi connectivity index (χ4v) is 3.68. The maximum Gasteiger partial charge on any atom is 0.398 e. The van der Waals surface area contributed by atoms with Crippen molar-refractivity contribution < 1.29 is 17.6 Å². The summed E-state index contributed by atoms with van der Waals surface area (Å²) in [5, 5.41) is 5.05. The first-order valence-electron chi connectivity index (χ1n) is 8.56. The molecule has 29 heavy (non-hydrogen) atoms. The predicted octanol–water partition coefficient (Wildman–Crippen LogP) is 5.58. The van der Waals surface area contributed by atoms with Gasteiger partial charge in [0.2, 0.25) is 0 Å². The van der Waals surface area contributed by atoms with E-state index in [2.05, 4.69) is 15.1 Å². The Kier molecular flexibility index (Phi) is 4.99. The van der Waals surface area contributed by atoms with Gasteiger partial charge in [-0.2, -0.15) is 13.2 Å². The molecule has 4 nitrogen and oxygen atoms in total. The monoisotopic (exact) mass is 418 g/mol. The van der Waals surface area contributed by atoms with E-state index < -0.39 is 17.7 Å². The van der Waals surface area contributed by atoms with Crippen molar-refractivity contribution in [1.29, 1.82) is 0 Å². The minimum Gasteiger partial charge on any atom is -0.262 e. The zero-order chi connectivity index (χ0) is 20.6. The lowest BCUT2D eigenvalue weighted by atomic mass is 10.0. The number of aromatic nitrogens is 4. The number of hydrogen-bond donors (Lipinski definition) is 0. The van der Waals surface area contributed by atoms with Crippen LogP contribution in [0.5, 0.6) is 0 Å². The molecule has 0 radical (unpaired) electrons. The number of halogens is 4. The van der Waals surface area contributed by atoms with Gasteiger partial charge in [0.15, 0.2) is 5.65 Å². The second-order valence-electron chi connectivity index (χ2n) is 6.42. The first-order chi connectivity index (χ1) is 13.8. The van der Waals surface area contributed by atoms with Crippen molar-refractivity contribution in [1.82, 2.24) is 19.7 Å². The molecule has 148 valence electrons. The van der Waals surface area contributed by atoms with Gasteiger partial charge in [-0.05, 0) is 42.8 Å². The van der Waals surface area contributed by atoms with Gasteiger partial charge in [0.1, 0.15) is 5.82 Å². The highest BCUT2D eigenvalue weighted by molar-refractivity contribution is 7.99. The third-order valence-electron chi connectivity index (χ3n) is 4.24. The van der Waals surface area contributed by atoms with Crippen molar-refractivity contribution >= 4 is 22.8 Å². The lowest BCUT2D eigenvalue weighted by Crippen LogP contribution is -2.10. The van der Waals surface area contributed by atoms with Crippen LogP contribution < -0.4 is 0 Å². The average molecular weight is 418 g/mol. The summed E-state index contributed by atoms with van der Waals surface area (Å²) in [5.41, 5.74) is 2.34. The van der Waals surface area contributed by atoms with Gasteiger partial charge < -0.3 is 0 Å². The van der Waals surface area contributed by atoms with Crippen LogP contribution in [-0.4, -0.2) is 31.7 Å². The van der Waals surface area contributed by atoms with Gasteiger partial charge in [-0.15, -0.1) is 16.9 Å². The highest BCUT2D eigenvalue weighted by atomic mass is 32.2. The topological polar surface area (TPSA) is 43.6 Å². The molecule has 0 saturated heterocycles. The highest BCUT2D eigenvalue weighted by Gasteiger charge is 2.27. The van der Waals surface area contributed by atoms with E-state index in [0.29, 0.717) is 38.8 Å². The summed E-state index contributed by atoms with van der Waals surface area (Å²) in [6, 6.07) is 8.02. The summed E-state index contributed by atoms with van der Waals surface area (Å²) in [5.74, 6) is -1.55. The minimum absolute atomic E-state index is 0.198. The van der Waals surface area contributed by atoms with Gasteiger partial charge in [0.25, 0.3) is 0 Å². The zero-order valence-corrected chi connectivity index (χ0v) is 15.9. The first kappa shape index (κ1) is 19.4. The Balaban J connectivity index is 1.72. The summed E-state index contributed by atoms with van der Waals surface area (Å²) in [7, 11) is 0. The number of thioether (sulfide) groups is 1.